The molecule has 1 aliphatic heterocycles. The van der Waals surface area contributed by atoms with Crippen LogP contribution in [-0.4, -0.2) is 60.2 Å². The lowest BCUT2D eigenvalue weighted by atomic mass is 9.98. The highest BCUT2D eigenvalue weighted by molar-refractivity contribution is 7.20. The Morgan fingerprint density at radius 1 is 1.41 bits per heavy atom. The summed E-state index contributed by atoms with van der Waals surface area (Å²) in [6, 6.07) is -2.16. The summed E-state index contributed by atoms with van der Waals surface area (Å²) in [5, 5.41) is 11.1. The van der Waals surface area contributed by atoms with Gasteiger partial charge in [-0.05, 0) is 6.92 Å². The van der Waals surface area contributed by atoms with Gasteiger partial charge in [-0.2, -0.15) is 0 Å². The van der Waals surface area contributed by atoms with Gasteiger partial charge >= 0.3 is 5.97 Å². The number of ether oxygens (including phenoxy) is 1. The number of nitrogens with zero attached hydrogens (tertiary/aromatic N) is 2. The molecule has 146 valence electrons. The Balaban J connectivity index is 2.29. The maximum atomic E-state index is 12.7. The standard InChI is InChI=1S/C14H16ClN5O6S/c1-4-26-20-7(8-12(16-5(2)21)27-14(15)19-8)11(23)17-6-9(13(24)25-3)18-10(6)22/h6,9H,4H2,1-3H3,(H,16,21)(H,17,23)(H,18,22)/b20-7+. The van der Waals surface area contributed by atoms with Crippen LogP contribution in [0.3, 0.4) is 0 Å². The van der Waals surface area contributed by atoms with Gasteiger partial charge in [-0.3, -0.25) is 14.4 Å². The number of nitrogens with one attached hydrogen (secondary N) is 3. The first kappa shape index (κ1) is 20.6. The summed E-state index contributed by atoms with van der Waals surface area (Å²) in [6.07, 6.45) is 0. The van der Waals surface area contributed by atoms with E-state index in [4.69, 9.17) is 16.4 Å². The molecule has 27 heavy (non-hydrogen) atoms. The summed E-state index contributed by atoms with van der Waals surface area (Å²) in [5.74, 6) is -2.52. The molecule has 11 nitrogen and oxygen atoms in total. The summed E-state index contributed by atoms with van der Waals surface area (Å²) in [5.41, 5.74) is -0.340. The van der Waals surface area contributed by atoms with Crippen LogP contribution in [0.15, 0.2) is 5.16 Å². The van der Waals surface area contributed by atoms with E-state index >= 15 is 0 Å². The van der Waals surface area contributed by atoms with E-state index in [1.807, 2.05) is 0 Å². The third-order valence-electron chi connectivity index (χ3n) is 3.27. The van der Waals surface area contributed by atoms with Gasteiger partial charge in [0.2, 0.25) is 11.8 Å². The van der Waals surface area contributed by atoms with Gasteiger partial charge in [0.15, 0.2) is 16.2 Å². The molecular formula is C14H16ClN5O6S. The molecule has 0 bridgehead atoms. The minimum Gasteiger partial charge on any atom is -0.467 e. The van der Waals surface area contributed by atoms with Gasteiger partial charge in [-0.15, -0.1) is 0 Å². The van der Waals surface area contributed by atoms with Gasteiger partial charge < -0.3 is 25.5 Å². The number of amides is 3. The fraction of sp³-hybridized carbons (Fsp3) is 0.429. The number of thiazole rings is 1. The minimum absolute atomic E-state index is 0.0273. The van der Waals surface area contributed by atoms with Crippen LogP contribution in [0.4, 0.5) is 5.00 Å². The summed E-state index contributed by atoms with van der Waals surface area (Å²) < 4.78 is 4.61. The van der Waals surface area contributed by atoms with Crippen molar-refractivity contribution in [3.63, 3.8) is 0 Å². The average molecular weight is 418 g/mol. The zero-order valence-electron chi connectivity index (χ0n) is 14.5. The number of aromatic nitrogens is 1. The highest BCUT2D eigenvalue weighted by atomic mass is 35.5. The number of methoxy groups -OCH3 is 1. The number of oxime groups is 1. The van der Waals surface area contributed by atoms with Crippen molar-refractivity contribution >= 4 is 57.3 Å². The predicted octanol–water partition coefficient (Wildman–Crippen LogP) is -0.348. The monoisotopic (exact) mass is 417 g/mol. The summed E-state index contributed by atoms with van der Waals surface area (Å²) in [4.78, 5) is 56.2. The van der Waals surface area contributed by atoms with Crippen LogP contribution in [0.2, 0.25) is 4.47 Å². The lowest BCUT2D eigenvalue weighted by Gasteiger charge is -2.34. The SMILES string of the molecule is CCO/N=C(/C(=O)NC1C(=O)NC1C(=O)OC)c1nc(Cl)sc1NC(C)=O. The molecule has 2 heterocycles. The molecular weight excluding hydrogens is 402 g/mol. The van der Waals surface area contributed by atoms with Gasteiger partial charge in [0.1, 0.15) is 23.3 Å². The van der Waals surface area contributed by atoms with E-state index in [1.165, 1.54) is 6.92 Å². The van der Waals surface area contributed by atoms with Crippen molar-refractivity contribution in [2.24, 2.45) is 5.16 Å². The highest BCUT2D eigenvalue weighted by Gasteiger charge is 2.46. The number of carbonyl (C=O) groups excluding carboxylic acids is 4. The molecule has 1 fully saturated rings. The van der Waals surface area contributed by atoms with Crippen molar-refractivity contribution in [2.75, 3.05) is 19.0 Å². The first-order valence-corrected chi connectivity index (χ1v) is 8.81. The number of anilines is 1. The lowest BCUT2D eigenvalue weighted by Crippen LogP contribution is -2.72. The summed E-state index contributed by atoms with van der Waals surface area (Å²) >= 11 is 6.81. The molecule has 2 atom stereocenters. The van der Waals surface area contributed by atoms with E-state index in [9.17, 15) is 19.2 Å². The van der Waals surface area contributed by atoms with Gasteiger partial charge in [0.05, 0.1) is 7.11 Å². The molecule has 0 aliphatic carbocycles. The van der Waals surface area contributed by atoms with Crippen molar-refractivity contribution in [2.45, 2.75) is 25.9 Å². The van der Waals surface area contributed by atoms with Crippen molar-refractivity contribution in [1.29, 1.82) is 0 Å². The molecule has 2 rings (SSSR count). The first-order valence-electron chi connectivity index (χ1n) is 7.61. The highest BCUT2D eigenvalue weighted by Crippen LogP contribution is 2.29. The third kappa shape index (κ3) is 4.71. The smallest absolute Gasteiger partial charge is 0.331 e. The molecule has 1 saturated heterocycles. The number of rotatable bonds is 7. The Labute approximate surface area is 162 Å². The lowest BCUT2D eigenvalue weighted by molar-refractivity contribution is -0.153. The van der Waals surface area contributed by atoms with Crippen LogP contribution in [-0.2, 0) is 28.8 Å². The number of hydrogen-bond donors (Lipinski definition) is 3. The summed E-state index contributed by atoms with van der Waals surface area (Å²) in [7, 11) is 1.16. The molecule has 13 heteroatoms. The van der Waals surface area contributed by atoms with Crippen LogP contribution < -0.4 is 16.0 Å². The average Bonchev–Trinajstić information content (AvgIpc) is 2.96. The second kappa shape index (κ2) is 8.77. The van der Waals surface area contributed by atoms with Crippen molar-refractivity contribution in [3.05, 3.63) is 10.2 Å². The Hall–Kier alpha value is -2.73. The van der Waals surface area contributed by atoms with E-state index in [1.54, 1.807) is 6.92 Å². The molecule has 1 aromatic heterocycles. The Kier molecular flexibility index (Phi) is 6.69. The zero-order valence-corrected chi connectivity index (χ0v) is 16.1. The van der Waals surface area contributed by atoms with Crippen LogP contribution in [0.1, 0.15) is 19.5 Å². The number of β-lactam (4-membered cyclic amide) rings is 1. The molecule has 1 aromatic rings. The molecule has 3 amide bonds. The molecule has 3 N–H and O–H groups in total. The van der Waals surface area contributed by atoms with E-state index in [0.29, 0.717) is 0 Å². The zero-order chi connectivity index (χ0) is 20.1. The topological polar surface area (TPSA) is 148 Å². The molecule has 0 aromatic carbocycles. The Bertz CT molecular complexity index is 810. The van der Waals surface area contributed by atoms with Crippen molar-refractivity contribution in [3.8, 4) is 0 Å². The Morgan fingerprint density at radius 3 is 2.67 bits per heavy atom. The maximum Gasteiger partial charge on any atom is 0.331 e. The van der Waals surface area contributed by atoms with Crippen molar-refractivity contribution < 1.29 is 28.8 Å². The second-order valence-electron chi connectivity index (χ2n) is 5.14. The van der Waals surface area contributed by atoms with Crippen LogP contribution in [0.25, 0.3) is 0 Å². The normalized spacial score (nSPS) is 18.8. The van der Waals surface area contributed by atoms with E-state index in [-0.39, 0.29) is 27.5 Å². The number of halogens is 1. The van der Waals surface area contributed by atoms with Crippen LogP contribution in [0, 0.1) is 0 Å². The molecule has 0 saturated carbocycles. The molecule has 2 unspecified atom stereocenters. The minimum atomic E-state index is -1.14. The van der Waals surface area contributed by atoms with E-state index in [2.05, 4.69) is 30.8 Å². The van der Waals surface area contributed by atoms with Gasteiger partial charge in [0.25, 0.3) is 5.91 Å². The summed E-state index contributed by atoms with van der Waals surface area (Å²) in [6.45, 7) is 3.07. The van der Waals surface area contributed by atoms with E-state index in [0.717, 1.165) is 18.4 Å². The van der Waals surface area contributed by atoms with Crippen LogP contribution in [0.5, 0.6) is 0 Å². The molecule has 1 aliphatic rings. The van der Waals surface area contributed by atoms with E-state index < -0.39 is 35.8 Å². The first-order chi connectivity index (χ1) is 12.8. The molecule has 0 spiro atoms. The predicted molar refractivity (Wildman–Crippen MR) is 95.5 cm³/mol. The quantitative estimate of drug-likeness (QED) is 0.237. The van der Waals surface area contributed by atoms with Gasteiger partial charge in [-0.1, -0.05) is 28.1 Å². The largest absolute Gasteiger partial charge is 0.467 e. The number of esters is 1. The third-order valence-corrected chi connectivity index (χ3v) is 4.35. The molecule has 0 radical (unpaired) electrons. The second-order valence-corrected chi connectivity index (χ2v) is 6.73. The Morgan fingerprint density at radius 2 is 2.11 bits per heavy atom. The van der Waals surface area contributed by atoms with Gasteiger partial charge in [0, 0.05) is 6.92 Å². The number of hydrogen-bond acceptors (Lipinski definition) is 9. The fourth-order valence-corrected chi connectivity index (χ4v) is 3.14. The maximum absolute atomic E-state index is 12.7. The van der Waals surface area contributed by atoms with Gasteiger partial charge in [-0.25, -0.2) is 9.78 Å². The fourth-order valence-electron chi connectivity index (χ4n) is 2.08. The van der Waals surface area contributed by atoms with Crippen molar-refractivity contribution in [1.82, 2.24) is 15.6 Å². The number of carbonyl (C=O) groups is 4. The van der Waals surface area contributed by atoms with Crippen LogP contribution >= 0.6 is 22.9 Å².